The van der Waals surface area contributed by atoms with E-state index >= 15 is 0 Å². The SMILES string of the molecule is CCc1ncncc1C(=O)NCCNC(=O)Cc1ccccc1. The smallest absolute Gasteiger partial charge is 0.254 e. The summed E-state index contributed by atoms with van der Waals surface area (Å²) in [7, 11) is 0. The highest BCUT2D eigenvalue weighted by Crippen LogP contribution is 2.03. The number of nitrogens with zero attached hydrogens (tertiary/aromatic N) is 2. The average molecular weight is 312 g/mol. The molecule has 6 nitrogen and oxygen atoms in total. The fourth-order valence-corrected chi connectivity index (χ4v) is 2.14. The number of amides is 2. The minimum atomic E-state index is -0.222. The van der Waals surface area contributed by atoms with Crippen molar-refractivity contribution in [3.05, 3.63) is 59.7 Å². The molecule has 0 unspecified atom stereocenters. The number of aromatic nitrogens is 2. The molecule has 6 heteroatoms. The summed E-state index contributed by atoms with van der Waals surface area (Å²) >= 11 is 0. The first-order valence-electron chi connectivity index (χ1n) is 7.58. The average Bonchev–Trinajstić information content (AvgIpc) is 2.59. The summed E-state index contributed by atoms with van der Waals surface area (Å²) in [6.45, 7) is 2.67. The largest absolute Gasteiger partial charge is 0.354 e. The summed E-state index contributed by atoms with van der Waals surface area (Å²) in [5.74, 6) is -0.289. The van der Waals surface area contributed by atoms with Gasteiger partial charge in [0.25, 0.3) is 5.91 Å². The Morgan fingerprint density at radius 1 is 1.09 bits per heavy atom. The lowest BCUT2D eigenvalue weighted by atomic mass is 10.1. The molecule has 0 aliphatic carbocycles. The highest BCUT2D eigenvalue weighted by atomic mass is 16.2. The van der Waals surface area contributed by atoms with E-state index in [1.807, 2.05) is 37.3 Å². The summed E-state index contributed by atoms with van der Waals surface area (Å²) in [6, 6.07) is 9.52. The van der Waals surface area contributed by atoms with Gasteiger partial charge >= 0.3 is 0 Å². The summed E-state index contributed by atoms with van der Waals surface area (Å²) in [5.41, 5.74) is 2.15. The molecule has 23 heavy (non-hydrogen) atoms. The number of carbonyl (C=O) groups excluding carboxylic acids is 2. The quantitative estimate of drug-likeness (QED) is 0.751. The van der Waals surface area contributed by atoms with Gasteiger partial charge in [0.1, 0.15) is 6.33 Å². The Hall–Kier alpha value is -2.76. The van der Waals surface area contributed by atoms with Gasteiger partial charge in [0.2, 0.25) is 5.91 Å². The van der Waals surface area contributed by atoms with Crippen molar-refractivity contribution in [2.45, 2.75) is 19.8 Å². The summed E-state index contributed by atoms with van der Waals surface area (Å²) in [5, 5.41) is 5.54. The van der Waals surface area contributed by atoms with E-state index in [2.05, 4.69) is 20.6 Å². The molecule has 2 amide bonds. The lowest BCUT2D eigenvalue weighted by molar-refractivity contribution is -0.120. The van der Waals surface area contributed by atoms with Gasteiger partial charge in [-0.25, -0.2) is 9.97 Å². The highest BCUT2D eigenvalue weighted by molar-refractivity contribution is 5.94. The normalized spacial score (nSPS) is 10.1. The van der Waals surface area contributed by atoms with Gasteiger partial charge in [-0.05, 0) is 12.0 Å². The molecule has 0 aliphatic heterocycles. The van der Waals surface area contributed by atoms with Crippen LogP contribution in [0.1, 0.15) is 28.5 Å². The molecule has 0 fully saturated rings. The maximum atomic E-state index is 12.1. The van der Waals surface area contributed by atoms with Crippen LogP contribution in [0.3, 0.4) is 0 Å². The molecule has 0 aliphatic rings. The Kier molecular flexibility index (Phi) is 6.23. The van der Waals surface area contributed by atoms with Crippen LogP contribution in [-0.4, -0.2) is 34.9 Å². The van der Waals surface area contributed by atoms with E-state index in [0.29, 0.717) is 37.2 Å². The summed E-state index contributed by atoms with van der Waals surface area (Å²) < 4.78 is 0. The van der Waals surface area contributed by atoms with Gasteiger partial charge in [0.05, 0.1) is 17.7 Å². The van der Waals surface area contributed by atoms with Gasteiger partial charge < -0.3 is 10.6 Å². The van der Waals surface area contributed by atoms with Crippen molar-refractivity contribution in [3.63, 3.8) is 0 Å². The number of benzene rings is 1. The Labute approximate surface area is 135 Å². The van der Waals surface area contributed by atoms with E-state index in [1.165, 1.54) is 12.5 Å². The lowest BCUT2D eigenvalue weighted by Gasteiger charge is -2.09. The predicted molar refractivity (Wildman–Crippen MR) is 86.9 cm³/mol. The Morgan fingerprint density at radius 3 is 2.57 bits per heavy atom. The minimum absolute atomic E-state index is 0.0669. The molecule has 0 radical (unpaired) electrons. The highest BCUT2D eigenvalue weighted by Gasteiger charge is 2.11. The lowest BCUT2D eigenvalue weighted by Crippen LogP contribution is -2.35. The van der Waals surface area contributed by atoms with Gasteiger partial charge in [0.15, 0.2) is 0 Å². The Bertz CT molecular complexity index is 659. The number of carbonyl (C=O) groups is 2. The van der Waals surface area contributed by atoms with Crippen LogP contribution in [0.15, 0.2) is 42.9 Å². The second-order valence-corrected chi connectivity index (χ2v) is 5.00. The van der Waals surface area contributed by atoms with Crippen LogP contribution in [0, 0.1) is 0 Å². The minimum Gasteiger partial charge on any atom is -0.354 e. The fourth-order valence-electron chi connectivity index (χ4n) is 2.14. The zero-order chi connectivity index (χ0) is 16.5. The summed E-state index contributed by atoms with van der Waals surface area (Å²) in [6.07, 6.45) is 3.94. The van der Waals surface area contributed by atoms with Crippen molar-refractivity contribution in [1.82, 2.24) is 20.6 Å². The number of nitrogens with one attached hydrogen (secondary N) is 2. The van der Waals surface area contributed by atoms with Crippen molar-refractivity contribution in [1.29, 1.82) is 0 Å². The third-order valence-electron chi connectivity index (χ3n) is 3.31. The molecule has 0 saturated carbocycles. The van der Waals surface area contributed by atoms with E-state index in [0.717, 1.165) is 5.56 Å². The van der Waals surface area contributed by atoms with E-state index in [4.69, 9.17) is 0 Å². The first kappa shape index (κ1) is 16.6. The standard InChI is InChI=1S/C17H20N4O2/c1-2-15-14(11-18-12-21-15)17(23)20-9-8-19-16(22)10-13-6-4-3-5-7-13/h3-7,11-12H,2,8-10H2,1H3,(H,19,22)(H,20,23). The molecular formula is C17H20N4O2. The molecule has 2 N–H and O–H groups in total. The molecule has 2 rings (SSSR count). The van der Waals surface area contributed by atoms with Crippen molar-refractivity contribution < 1.29 is 9.59 Å². The van der Waals surface area contributed by atoms with Gasteiger partial charge in [-0.15, -0.1) is 0 Å². The molecule has 0 atom stereocenters. The molecule has 1 aromatic heterocycles. The number of hydrogen-bond acceptors (Lipinski definition) is 4. The Morgan fingerprint density at radius 2 is 1.83 bits per heavy atom. The number of hydrogen-bond donors (Lipinski definition) is 2. The van der Waals surface area contributed by atoms with Crippen LogP contribution in [-0.2, 0) is 17.6 Å². The molecule has 0 spiro atoms. The first-order valence-corrected chi connectivity index (χ1v) is 7.58. The van der Waals surface area contributed by atoms with Gasteiger partial charge in [0, 0.05) is 19.3 Å². The van der Waals surface area contributed by atoms with E-state index in [1.54, 1.807) is 0 Å². The topological polar surface area (TPSA) is 84.0 Å². The van der Waals surface area contributed by atoms with Crippen LogP contribution >= 0.6 is 0 Å². The molecule has 0 saturated heterocycles. The third kappa shape index (κ3) is 5.18. The number of aryl methyl sites for hydroxylation is 1. The van der Waals surface area contributed by atoms with Crippen LogP contribution in [0.4, 0.5) is 0 Å². The van der Waals surface area contributed by atoms with Crippen LogP contribution in [0.2, 0.25) is 0 Å². The fraction of sp³-hybridized carbons (Fsp3) is 0.294. The molecule has 120 valence electrons. The monoisotopic (exact) mass is 312 g/mol. The molecule has 0 bridgehead atoms. The van der Waals surface area contributed by atoms with E-state index in [-0.39, 0.29) is 11.8 Å². The van der Waals surface area contributed by atoms with Crippen LogP contribution < -0.4 is 10.6 Å². The summed E-state index contributed by atoms with van der Waals surface area (Å²) in [4.78, 5) is 31.8. The maximum absolute atomic E-state index is 12.1. The van der Waals surface area contributed by atoms with Gasteiger partial charge in [-0.3, -0.25) is 9.59 Å². The van der Waals surface area contributed by atoms with E-state index in [9.17, 15) is 9.59 Å². The molecule has 1 heterocycles. The van der Waals surface area contributed by atoms with Gasteiger partial charge in [-0.1, -0.05) is 37.3 Å². The third-order valence-corrected chi connectivity index (χ3v) is 3.31. The predicted octanol–water partition coefficient (Wildman–Crippen LogP) is 1.13. The number of rotatable bonds is 7. The molecular weight excluding hydrogens is 292 g/mol. The second kappa shape index (κ2) is 8.63. The second-order valence-electron chi connectivity index (χ2n) is 5.00. The Balaban J connectivity index is 1.72. The van der Waals surface area contributed by atoms with Crippen molar-refractivity contribution in [2.24, 2.45) is 0 Å². The zero-order valence-electron chi connectivity index (χ0n) is 13.1. The molecule has 1 aromatic carbocycles. The van der Waals surface area contributed by atoms with E-state index < -0.39 is 0 Å². The van der Waals surface area contributed by atoms with Crippen molar-refractivity contribution >= 4 is 11.8 Å². The van der Waals surface area contributed by atoms with Gasteiger partial charge in [-0.2, -0.15) is 0 Å². The van der Waals surface area contributed by atoms with Crippen molar-refractivity contribution in [3.8, 4) is 0 Å². The first-order chi connectivity index (χ1) is 11.2. The zero-order valence-corrected chi connectivity index (χ0v) is 13.1. The van der Waals surface area contributed by atoms with Crippen LogP contribution in [0.25, 0.3) is 0 Å². The molecule has 2 aromatic rings. The maximum Gasteiger partial charge on any atom is 0.254 e. The van der Waals surface area contributed by atoms with Crippen LogP contribution in [0.5, 0.6) is 0 Å². The van der Waals surface area contributed by atoms with Crippen molar-refractivity contribution in [2.75, 3.05) is 13.1 Å².